The van der Waals surface area contributed by atoms with Crippen molar-refractivity contribution in [3.05, 3.63) is 30.1 Å². The van der Waals surface area contributed by atoms with E-state index in [2.05, 4.69) is 10.3 Å². The van der Waals surface area contributed by atoms with Crippen molar-refractivity contribution in [1.82, 2.24) is 10.3 Å². The van der Waals surface area contributed by atoms with Crippen LogP contribution in [0.15, 0.2) is 24.4 Å². The van der Waals surface area contributed by atoms with Crippen molar-refractivity contribution < 1.29 is 9.90 Å². The number of aliphatic carboxylic acids is 1. The van der Waals surface area contributed by atoms with Crippen molar-refractivity contribution in [1.29, 1.82) is 0 Å². The number of pyridine rings is 1. The van der Waals surface area contributed by atoms with Crippen LogP contribution in [0.2, 0.25) is 0 Å². The smallest absolute Gasteiger partial charge is 0.320 e. The van der Waals surface area contributed by atoms with Crippen molar-refractivity contribution in [2.24, 2.45) is 0 Å². The molecule has 0 spiro atoms. The average molecular weight is 208 g/mol. The number of carbonyl (C=O) groups is 1. The minimum absolute atomic E-state index is 0.475. The minimum atomic E-state index is -0.798. The number of rotatable bonds is 6. The second-order valence-electron chi connectivity index (χ2n) is 3.38. The Morgan fingerprint density at radius 1 is 1.60 bits per heavy atom. The molecule has 0 bridgehead atoms. The maximum atomic E-state index is 10.8. The molecule has 1 rings (SSSR count). The average Bonchev–Trinajstić information content (AvgIpc) is 2.25. The summed E-state index contributed by atoms with van der Waals surface area (Å²) in [5.41, 5.74) is 0.861. The first-order valence-corrected chi connectivity index (χ1v) is 5.10. The van der Waals surface area contributed by atoms with Gasteiger partial charge >= 0.3 is 5.97 Å². The Hall–Kier alpha value is -1.42. The van der Waals surface area contributed by atoms with Gasteiger partial charge in [-0.15, -0.1) is 0 Å². The number of carboxylic acid groups (broad SMARTS) is 1. The molecular weight excluding hydrogens is 192 g/mol. The van der Waals surface area contributed by atoms with Gasteiger partial charge in [0.15, 0.2) is 0 Å². The van der Waals surface area contributed by atoms with Gasteiger partial charge in [0.25, 0.3) is 0 Å². The van der Waals surface area contributed by atoms with Gasteiger partial charge in [0, 0.05) is 12.7 Å². The quantitative estimate of drug-likeness (QED) is 0.742. The van der Waals surface area contributed by atoms with Crippen LogP contribution >= 0.6 is 0 Å². The molecule has 4 nitrogen and oxygen atoms in total. The Morgan fingerprint density at radius 3 is 2.93 bits per heavy atom. The molecule has 1 atom stereocenters. The second kappa shape index (κ2) is 6.14. The summed E-state index contributed by atoms with van der Waals surface area (Å²) in [6, 6.07) is 5.12. The van der Waals surface area contributed by atoms with Crippen LogP contribution in [0, 0.1) is 0 Å². The van der Waals surface area contributed by atoms with Gasteiger partial charge in [0.1, 0.15) is 6.04 Å². The third-order valence-electron chi connectivity index (χ3n) is 2.13. The van der Waals surface area contributed by atoms with E-state index in [1.165, 1.54) is 0 Å². The van der Waals surface area contributed by atoms with E-state index in [0.29, 0.717) is 13.0 Å². The Labute approximate surface area is 89.3 Å². The second-order valence-corrected chi connectivity index (χ2v) is 3.38. The zero-order valence-electron chi connectivity index (χ0n) is 8.81. The van der Waals surface area contributed by atoms with E-state index < -0.39 is 12.0 Å². The highest BCUT2D eigenvalue weighted by Crippen LogP contribution is 1.99. The molecule has 0 saturated heterocycles. The molecular formula is C11H16N2O2. The van der Waals surface area contributed by atoms with Gasteiger partial charge < -0.3 is 5.11 Å². The SMILES string of the molecule is CCCC(NCc1ccccn1)C(=O)O. The molecule has 82 valence electrons. The molecule has 1 aromatic heterocycles. The number of hydrogen-bond donors (Lipinski definition) is 2. The fraction of sp³-hybridized carbons (Fsp3) is 0.455. The fourth-order valence-electron chi connectivity index (χ4n) is 1.33. The minimum Gasteiger partial charge on any atom is -0.480 e. The normalized spacial score (nSPS) is 12.3. The Kier molecular flexibility index (Phi) is 4.77. The van der Waals surface area contributed by atoms with E-state index in [1.54, 1.807) is 6.20 Å². The van der Waals surface area contributed by atoms with Crippen LogP contribution in [0.5, 0.6) is 0 Å². The Bertz CT molecular complexity index is 301. The lowest BCUT2D eigenvalue weighted by atomic mass is 10.1. The number of carboxylic acids is 1. The number of aromatic nitrogens is 1. The van der Waals surface area contributed by atoms with Gasteiger partial charge in [-0.2, -0.15) is 0 Å². The first-order chi connectivity index (χ1) is 7.24. The van der Waals surface area contributed by atoms with Crippen molar-refractivity contribution in [3.8, 4) is 0 Å². The molecule has 1 heterocycles. The van der Waals surface area contributed by atoms with E-state index in [9.17, 15) is 4.79 Å². The third-order valence-corrected chi connectivity index (χ3v) is 2.13. The molecule has 0 saturated carbocycles. The largest absolute Gasteiger partial charge is 0.480 e. The topological polar surface area (TPSA) is 62.2 Å². The first kappa shape index (κ1) is 11.7. The summed E-state index contributed by atoms with van der Waals surface area (Å²) >= 11 is 0. The predicted molar refractivity (Wildman–Crippen MR) is 57.4 cm³/mol. The number of nitrogens with one attached hydrogen (secondary N) is 1. The monoisotopic (exact) mass is 208 g/mol. The zero-order valence-corrected chi connectivity index (χ0v) is 8.81. The molecule has 0 amide bonds. The predicted octanol–water partition coefficient (Wildman–Crippen LogP) is 1.42. The fourth-order valence-corrected chi connectivity index (χ4v) is 1.33. The summed E-state index contributed by atoms with van der Waals surface area (Å²) in [4.78, 5) is 14.9. The molecule has 2 N–H and O–H groups in total. The molecule has 0 aliphatic rings. The van der Waals surface area contributed by atoms with E-state index in [0.717, 1.165) is 12.1 Å². The summed E-state index contributed by atoms with van der Waals surface area (Å²) < 4.78 is 0. The van der Waals surface area contributed by atoms with Crippen LogP contribution in [0.1, 0.15) is 25.5 Å². The van der Waals surface area contributed by atoms with E-state index >= 15 is 0 Å². The summed E-state index contributed by atoms with van der Waals surface area (Å²) in [6.45, 7) is 2.47. The summed E-state index contributed by atoms with van der Waals surface area (Å²) in [5.74, 6) is -0.798. The highest BCUT2D eigenvalue weighted by molar-refractivity contribution is 5.73. The van der Waals surface area contributed by atoms with Gasteiger partial charge in [-0.25, -0.2) is 0 Å². The van der Waals surface area contributed by atoms with Crippen LogP contribution in [-0.2, 0) is 11.3 Å². The van der Waals surface area contributed by atoms with Crippen LogP contribution in [0.3, 0.4) is 0 Å². The molecule has 1 unspecified atom stereocenters. The van der Waals surface area contributed by atoms with E-state index in [-0.39, 0.29) is 0 Å². The molecule has 4 heteroatoms. The van der Waals surface area contributed by atoms with Crippen LogP contribution < -0.4 is 5.32 Å². The Balaban J connectivity index is 2.43. The maximum Gasteiger partial charge on any atom is 0.320 e. The summed E-state index contributed by atoms with van der Waals surface area (Å²) in [5, 5.41) is 11.9. The number of hydrogen-bond acceptors (Lipinski definition) is 3. The van der Waals surface area contributed by atoms with Crippen LogP contribution in [-0.4, -0.2) is 22.1 Å². The van der Waals surface area contributed by atoms with Crippen molar-refractivity contribution >= 4 is 5.97 Å². The van der Waals surface area contributed by atoms with Gasteiger partial charge in [-0.1, -0.05) is 19.4 Å². The highest BCUT2D eigenvalue weighted by Gasteiger charge is 2.14. The van der Waals surface area contributed by atoms with Gasteiger partial charge in [0.2, 0.25) is 0 Å². The van der Waals surface area contributed by atoms with Crippen molar-refractivity contribution in [2.75, 3.05) is 0 Å². The Morgan fingerprint density at radius 2 is 2.40 bits per heavy atom. The van der Waals surface area contributed by atoms with E-state index in [1.807, 2.05) is 25.1 Å². The summed E-state index contributed by atoms with van der Waals surface area (Å²) in [6.07, 6.45) is 3.20. The van der Waals surface area contributed by atoms with E-state index in [4.69, 9.17) is 5.11 Å². The molecule has 0 radical (unpaired) electrons. The zero-order chi connectivity index (χ0) is 11.1. The standard InChI is InChI=1S/C11H16N2O2/c1-2-5-10(11(14)15)13-8-9-6-3-4-7-12-9/h3-4,6-7,10,13H,2,5,8H2,1H3,(H,14,15). The summed E-state index contributed by atoms with van der Waals surface area (Å²) in [7, 11) is 0. The van der Waals surface area contributed by atoms with Gasteiger partial charge in [-0.05, 0) is 18.6 Å². The number of nitrogens with zero attached hydrogens (tertiary/aromatic N) is 1. The van der Waals surface area contributed by atoms with Crippen LogP contribution in [0.4, 0.5) is 0 Å². The maximum absolute atomic E-state index is 10.8. The van der Waals surface area contributed by atoms with Gasteiger partial charge in [0.05, 0.1) is 5.69 Å². The van der Waals surface area contributed by atoms with Crippen molar-refractivity contribution in [2.45, 2.75) is 32.4 Å². The first-order valence-electron chi connectivity index (χ1n) is 5.10. The van der Waals surface area contributed by atoms with Crippen molar-refractivity contribution in [3.63, 3.8) is 0 Å². The van der Waals surface area contributed by atoms with Crippen LogP contribution in [0.25, 0.3) is 0 Å². The lowest BCUT2D eigenvalue weighted by molar-refractivity contribution is -0.139. The third kappa shape index (κ3) is 4.08. The molecule has 0 fully saturated rings. The molecule has 0 aromatic carbocycles. The van der Waals surface area contributed by atoms with Gasteiger partial charge in [-0.3, -0.25) is 15.1 Å². The molecule has 0 aliphatic carbocycles. The lowest BCUT2D eigenvalue weighted by Gasteiger charge is -2.12. The molecule has 15 heavy (non-hydrogen) atoms. The molecule has 0 aliphatic heterocycles. The lowest BCUT2D eigenvalue weighted by Crippen LogP contribution is -2.36. The highest BCUT2D eigenvalue weighted by atomic mass is 16.4. The molecule has 1 aromatic rings.